The minimum atomic E-state index is -0.481. The number of rotatable bonds is 1. The molecule has 0 aliphatic carbocycles. The number of ether oxygens (including phenoxy) is 1. The molecular formula is C15H14FNO2. The maximum atomic E-state index is 13.3. The molecule has 0 aromatic heterocycles. The van der Waals surface area contributed by atoms with Crippen LogP contribution in [0.3, 0.4) is 0 Å². The second kappa shape index (κ2) is 4.55. The van der Waals surface area contributed by atoms with Gasteiger partial charge in [0.15, 0.2) is 0 Å². The summed E-state index contributed by atoms with van der Waals surface area (Å²) in [6.45, 7) is 0. The quantitative estimate of drug-likeness (QED) is 0.827. The Morgan fingerprint density at radius 3 is 2.79 bits per heavy atom. The van der Waals surface area contributed by atoms with Gasteiger partial charge in [0.1, 0.15) is 23.4 Å². The second-order valence-corrected chi connectivity index (χ2v) is 4.73. The van der Waals surface area contributed by atoms with E-state index in [0.29, 0.717) is 12.0 Å². The molecule has 2 atom stereocenters. The Morgan fingerprint density at radius 2 is 2.00 bits per heavy atom. The van der Waals surface area contributed by atoms with Crippen molar-refractivity contribution in [3.63, 3.8) is 0 Å². The molecule has 0 saturated carbocycles. The van der Waals surface area contributed by atoms with E-state index in [-0.39, 0.29) is 17.9 Å². The van der Waals surface area contributed by atoms with Gasteiger partial charge in [-0.05, 0) is 23.8 Å². The van der Waals surface area contributed by atoms with Gasteiger partial charge in [0.2, 0.25) is 0 Å². The maximum absolute atomic E-state index is 13.3. The zero-order chi connectivity index (χ0) is 13.4. The van der Waals surface area contributed by atoms with Gasteiger partial charge >= 0.3 is 0 Å². The SMILES string of the molecule is N[C@H]1CC(c2cc(O)cc(F)c2)Oc2ccccc21. The Morgan fingerprint density at radius 1 is 1.21 bits per heavy atom. The number of nitrogens with two attached hydrogens (primary N) is 1. The molecule has 3 N–H and O–H groups in total. The monoisotopic (exact) mass is 259 g/mol. The predicted molar refractivity (Wildman–Crippen MR) is 69.4 cm³/mol. The molecule has 3 nitrogen and oxygen atoms in total. The van der Waals surface area contributed by atoms with Crippen LogP contribution in [0.4, 0.5) is 4.39 Å². The van der Waals surface area contributed by atoms with E-state index < -0.39 is 5.82 Å². The third-order valence-corrected chi connectivity index (χ3v) is 3.33. The number of hydrogen-bond acceptors (Lipinski definition) is 3. The predicted octanol–water partition coefficient (Wildman–Crippen LogP) is 3.05. The van der Waals surface area contributed by atoms with Crippen molar-refractivity contribution in [1.82, 2.24) is 0 Å². The number of phenols is 1. The summed E-state index contributed by atoms with van der Waals surface area (Å²) >= 11 is 0. The van der Waals surface area contributed by atoms with E-state index in [1.165, 1.54) is 12.1 Å². The second-order valence-electron chi connectivity index (χ2n) is 4.73. The van der Waals surface area contributed by atoms with Gasteiger partial charge in [0.05, 0.1) is 0 Å². The number of fused-ring (bicyclic) bond motifs is 1. The van der Waals surface area contributed by atoms with Gasteiger partial charge in [-0.25, -0.2) is 4.39 Å². The number of hydrogen-bond donors (Lipinski definition) is 2. The third kappa shape index (κ3) is 2.27. The summed E-state index contributed by atoms with van der Waals surface area (Å²) in [5.41, 5.74) is 7.67. The molecule has 98 valence electrons. The van der Waals surface area contributed by atoms with E-state index in [1.807, 2.05) is 24.3 Å². The Balaban J connectivity index is 1.96. The van der Waals surface area contributed by atoms with Crippen LogP contribution in [0.5, 0.6) is 11.5 Å². The van der Waals surface area contributed by atoms with Crippen molar-refractivity contribution in [2.45, 2.75) is 18.6 Å². The van der Waals surface area contributed by atoms with Crippen LogP contribution in [0.2, 0.25) is 0 Å². The summed E-state index contributed by atoms with van der Waals surface area (Å²) in [7, 11) is 0. The zero-order valence-electron chi connectivity index (χ0n) is 10.2. The van der Waals surface area contributed by atoms with Crippen molar-refractivity contribution >= 4 is 0 Å². The van der Waals surface area contributed by atoms with E-state index in [1.54, 1.807) is 0 Å². The average molecular weight is 259 g/mol. The molecule has 0 fully saturated rings. The van der Waals surface area contributed by atoms with Crippen molar-refractivity contribution in [3.05, 3.63) is 59.4 Å². The normalized spacial score (nSPS) is 21.6. The fraction of sp³-hybridized carbons (Fsp3) is 0.200. The Kier molecular flexibility index (Phi) is 2.87. The summed E-state index contributed by atoms with van der Waals surface area (Å²) in [6.07, 6.45) is 0.214. The molecule has 0 radical (unpaired) electrons. The van der Waals surface area contributed by atoms with Crippen molar-refractivity contribution < 1.29 is 14.2 Å². The van der Waals surface area contributed by atoms with Gasteiger partial charge in [-0.15, -0.1) is 0 Å². The van der Waals surface area contributed by atoms with E-state index in [4.69, 9.17) is 10.5 Å². The summed E-state index contributed by atoms with van der Waals surface area (Å²) < 4.78 is 19.2. The highest BCUT2D eigenvalue weighted by molar-refractivity contribution is 5.40. The molecule has 1 unspecified atom stereocenters. The lowest BCUT2D eigenvalue weighted by Gasteiger charge is -2.30. The topological polar surface area (TPSA) is 55.5 Å². The number of halogens is 1. The first kappa shape index (κ1) is 12.0. The van der Waals surface area contributed by atoms with Gasteiger partial charge in [0, 0.05) is 24.1 Å². The van der Waals surface area contributed by atoms with Crippen LogP contribution in [-0.4, -0.2) is 5.11 Å². The molecule has 3 rings (SSSR count). The van der Waals surface area contributed by atoms with Crippen molar-refractivity contribution in [3.8, 4) is 11.5 Å². The third-order valence-electron chi connectivity index (χ3n) is 3.33. The van der Waals surface area contributed by atoms with Crippen LogP contribution in [0, 0.1) is 5.82 Å². The molecule has 1 aliphatic heterocycles. The number of phenolic OH excluding ortho intramolecular Hbond substituents is 1. The minimum Gasteiger partial charge on any atom is -0.508 e. The summed E-state index contributed by atoms with van der Waals surface area (Å²) in [5, 5.41) is 9.46. The van der Waals surface area contributed by atoms with Crippen LogP contribution < -0.4 is 10.5 Å². The van der Waals surface area contributed by atoms with Crippen molar-refractivity contribution in [2.24, 2.45) is 5.73 Å². The average Bonchev–Trinajstić information content (AvgIpc) is 2.37. The highest BCUT2D eigenvalue weighted by Gasteiger charge is 2.27. The van der Waals surface area contributed by atoms with E-state index >= 15 is 0 Å². The first-order valence-corrected chi connectivity index (χ1v) is 6.14. The number of para-hydroxylation sites is 1. The fourth-order valence-corrected chi connectivity index (χ4v) is 2.44. The first-order valence-electron chi connectivity index (χ1n) is 6.14. The van der Waals surface area contributed by atoms with Gasteiger partial charge in [0.25, 0.3) is 0 Å². The molecule has 0 amide bonds. The van der Waals surface area contributed by atoms with Gasteiger partial charge < -0.3 is 15.6 Å². The molecule has 0 saturated heterocycles. The number of aromatic hydroxyl groups is 1. The van der Waals surface area contributed by atoms with E-state index in [2.05, 4.69) is 0 Å². The Bertz CT molecular complexity index is 595. The van der Waals surface area contributed by atoms with E-state index in [9.17, 15) is 9.50 Å². The Hall–Kier alpha value is -2.07. The molecule has 0 spiro atoms. The molecular weight excluding hydrogens is 245 g/mol. The summed E-state index contributed by atoms with van der Waals surface area (Å²) in [5.74, 6) is 0.132. The highest BCUT2D eigenvalue weighted by atomic mass is 19.1. The van der Waals surface area contributed by atoms with Gasteiger partial charge in [-0.3, -0.25) is 0 Å². The molecule has 4 heteroatoms. The van der Waals surface area contributed by atoms with Crippen LogP contribution in [0.25, 0.3) is 0 Å². The molecule has 1 heterocycles. The van der Waals surface area contributed by atoms with Crippen LogP contribution >= 0.6 is 0 Å². The molecule has 0 bridgehead atoms. The summed E-state index contributed by atoms with van der Waals surface area (Å²) in [4.78, 5) is 0. The minimum absolute atomic E-state index is 0.106. The summed E-state index contributed by atoms with van der Waals surface area (Å²) in [6, 6.07) is 11.4. The lowest BCUT2D eigenvalue weighted by Crippen LogP contribution is -2.24. The van der Waals surface area contributed by atoms with E-state index in [0.717, 1.165) is 17.4 Å². The van der Waals surface area contributed by atoms with Crippen molar-refractivity contribution in [1.29, 1.82) is 0 Å². The maximum Gasteiger partial charge on any atom is 0.127 e. The zero-order valence-corrected chi connectivity index (χ0v) is 10.2. The lowest BCUT2D eigenvalue weighted by atomic mass is 9.93. The fourth-order valence-electron chi connectivity index (χ4n) is 2.44. The molecule has 2 aromatic rings. The highest BCUT2D eigenvalue weighted by Crippen LogP contribution is 2.40. The van der Waals surface area contributed by atoms with Crippen LogP contribution in [0.1, 0.15) is 29.7 Å². The van der Waals surface area contributed by atoms with Gasteiger partial charge in [-0.2, -0.15) is 0 Å². The van der Waals surface area contributed by atoms with Crippen LogP contribution in [0.15, 0.2) is 42.5 Å². The molecule has 19 heavy (non-hydrogen) atoms. The largest absolute Gasteiger partial charge is 0.508 e. The lowest BCUT2D eigenvalue weighted by molar-refractivity contribution is 0.161. The van der Waals surface area contributed by atoms with Crippen molar-refractivity contribution in [2.75, 3.05) is 0 Å². The smallest absolute Gasteiger partial charge is 0.127 e. The molecule has 1 aliphatic rings. The number of benzene rings is 2. The first-order chi connectivity index (χ1) is 9.13. The van der Waals surface area contributed by atoms with Gasteiger partial charge in [-0.1, -0.05) is 18.2 Å². The Labute approximate surface area is 110 Å². The standard InChI is InChI=1S/C15H14FNO2/c16-10-5-9(6-11(18)7-10)15-8-13(17)12-3-1-2-4-14(12)19-15/h1-7,13,15,18H,8,17H2/t13-,15?/m0/s1. The molecule has 2 aromatic carbocycles. The van der Waals surface area contributed by atoms with Crippen LogP contribution in [-0.2, 0) is 0 Å².